The highest BCUT2D eigenvalue weighted by molar-refractivity contribution is 8.01. The van der Waals surface area contributed by atoms with Crippen molar-refractivity contribution < 1.29 is 4.79 Å². The number of nitrogens with one attached hydrogen (secondary N) is 2. The van der Waals surface area contributed by atoms with E-state index in [1.807, 2.05) is 62.4 Å². The minimum Gasteiger partial charge on any atom is -0.330 e. The second-order valence-electron chi connectivity index (χ2n) is 5.57. The highest BCUT2D eigenvalue weighted by Crippen LogP contribution is 2.28. The predicted molar refractivity (Wildman–Crippen MR) is 105 cm³/mol. The molecule has 0 radical (unpaired) electrons. The second-order valence-corrected chi connectivity index (χ2v) is 7.77. The summed E-state index contributed by atoms with van der Waals surface area (Å²) in [4.78, 5) is 12.0. The van der Waals surface area contributed by atoms with Crippen molar-refractivity contribution in [3.05, 3.63) is 59.7 Å². The molecule has 0 spiro atoms. The molecule has 1 heterocycles. The van der Waals surface area contributed by atoms with Crippen molar-refractivity contribution >= 4 is 45.5 Å². The Morgan fingerprint density at radius 2 is 1.84 bits per heavy atom. The first-order valence-corrected chi connectivity index (χ1v) is 9.55. The number of carbonyl (C=O) groups excluding carboxylic acids is 1. The molecular formula is C18H18N4OS2. The van der Waals surface area contributed by atoms with E-state index in [0.29, 0.717) is 10.9 Å². The third-order valence-corrected chi connectivity index (χ3v) is 5.31. The fourth-order valence-electron chi connectivity index (χ4n) is 2.13. The van der Waals surface area contributed by atoms with Crippen LogP contribution >= 0.6 is 23.1 Å². The van der Waals surface area contributed by atoms with E-state index in [4.69, 9.17) is 0 Å². The van der Waals surface area contributed by atoms with Crippen LogP contribution in [0.2, 0.25) is 0 Å². The predicted octanol–water partition coefficient (Wildman–Crippen LogP) is 4.63. The largest absolute Gasteiger partial charge is 0.330 e. The van der Waals surface area contributed by atoms with E-state index in [0.717, 1.165) is 21.3 Å². The number of hydrogen-bond acceptors (Lipinski definition) is 6. The van der Waals surface area contributed by atoms with Crippen molar-refractivity contribution in [3.8, 4) is 0 Å². The van der Waals surface area contributed by atoms with Gasteiger partial charge >= 0.3 is 0 Å². The second kappa shape index (κ2) is 8.13. The Kier molecular flexibility index (Phi) is 5.67. The summed E-state index contributed by atoms with van der Waals surface area (Å²) in [5.74, 6) is 0.240. The number of nitrogens with zero attached hydrogens (tertiary/aromatic N) is 2. The maximum atomic E-state index is 12.0. The van der Waals surface area contributed by atoms with Crippen LogP contribution in [-0.4, -0.2) is 21.9 Å². The Labute approximate surface area is 154 Å². The smallest absolute Gasteiger partial charge is 0.234 e. The van der Waals surface area contributed by atoms with Gasteiger partial charge in [-0.3, -0.25) is 4.79 Å². The van der Waals surface area contributed by atoms with Crippen LogP contribution in [0.1, 0.15) is 11.1 Å². The van der Waals surface area contributed by atoms with Crippen molar-refractivity contribution in [2.24, 2.45) is 0 Å². The van der Waals surface area contributed by atoms with Crippen LogP contribution in [-0.2, 0) is 4.79 Å². The van der Waals surface area contributed by atoms with Crippen LogP contribution in [0.25, 0.3) is 0 Å². The molecule has 0 saturated heterocycles. The van der Waals surface area contributed by atoms with Crippen LogP contribution < -0.4 is 10.6 Å². The Hall–Kier alpha value is -2.38. The molecule has 1 aromatic heterocycles. The molecule has 0 fully saturated rings. The fourth-order valence-corrected chi connectivity index (χ4v) is 3.70. The summed E-state index contributed by atoms with van der Waals surface area (Å²) in [5, 5.41) is 15.0. The summed E-state index contributed by atoms with van der Waals surface area (Å²) in [5.41, 5.74) is 4.12. The van der Waals surface area contributed by atoms with Gasteiger partial charge in [-0.2, -0.15) is 0 Å². The fraction of sp³-hybridized carbons (Fsp3) is 0.167. The van der Waals surface area contributed by atoms with E-state index in [-0.39, 0.29) is 5.91 Å². The number of amides is 1. The van der Waals surface area contributed by atoms with Crippen LogP contribution in [0.3, 0.4) is 0 Å². The molecule has 0 saturated carbocycles. The number of benzene rings is 2. The third-order valence-electron chi connectivity index (χ3n) is 3.34. The topological polar surface area (TPSA) is 66.9 Å². The first-order valence-electron chi connectivity index (χ1n) is 7.75. The van der Waals surface area contributed by atoms with Crippen molar-refractivity contribution in [3.63, 3.8) is 0 Å². The van der Waals surface area contributed by atoms with E-state index in [2.05, 4.69) is 20.8 Å². The lowest BCUT2D eigenvalue weighted by molar-refractivity contribution is -0.113. The Morgan fingerprint density at radius 3 is 2.60 bits per heavy atom. The highest BCUT2D eigenvalue weighted by atomic mass is 32.2. The average Bonchev–Trinajstić information content (AvgIpc) is 3.03. The van der Waals surface area contributed by atoms with Crippen molar-refractivity contribution in [1.29, 1.82) is 0 Å². The first kappa shape index (κ1) is 17.4. The van der Waals surface area contributed by atoms with E-state index in [9.17, 15) is 4.79 Å². The van der Waals surface area contributed by atoms with E-state index in [1.54, 1.807) is 0 Å². The molecule has 0 aliphatic heterocycles. The van der Waals surface area contributed by atoms with E-state index in [1.165, 1.54) is 28.7 Å². The molecule has 25 heavy (non-hydrogen) atoms. The molecule has 3 rings (SSSR count). The van der Waals surface area contributed by atoms with Gasteiger partial charge in [0.15, 0.2) is 4.34 Å². The van der Waals surface area contributed by atoms with Gasteiger partial charge in [-0.25, -0.2) is 0 Å². The standard InChI is InChI=1S/C18H18N4OS2/c1-12-6-8-14(9-7-12)19-16(23)11-24-18-22-21-17(25-18)20-15-5-3-4-13(2)10-15/h3-10H,11H2,1-2H3,(H,19,23)(H,20,21). The maximum absolute atomic E-state index is 12.0. The molecule has 0 atom stereocenters. The number of hydrogen-bond donors (Lipinski definition) is 2. The highest BCUT2D eigenvalue weighted by Gasteiger charge is 2.09. The van der Waals surface area contributed by atoms with Gasteiger partial charge in [0.25, 0.3) is 0 Å². The van der Waals surface area contributed by atoms with E-state index < -0.39 is 0 Å². The lowest BCUT2D eigenvalue weighted by Gasteiger charge is -2.04. The summed E-state index contributed by atoms with van der Waals surface area (Å²) in [6, 6.07) is 15.8. The molecule has 7 heteroatoms. The summed E-state index contributed by atoms with van der Waals surface area (Å²) in [6.07, 6.45) is 0. The number of aromatic nitrogens is 2. The van der Waals surface area contributed by atoms with Gasteiger partial charge in [-0.05, 0) is 43.7 Å². The van der Waals surface area contributed by atoms with Crippen molar-refractivity contribution in [2.75, 3.05) is 16.4 Å². The number of rotatable bonds is 6. The summed E-state index contributed by atoms with van der Waals surface area (Å²) < 4.78 is 0.759. The van der Waals surface area contributed by atoms with Gasteiger partial charge in [0.05, 0.1) is 5.75 Å². The quantitative estimate of drug-likeness (QED) is 0.619. The first-order chi connectivity index (χ1) is 12.1. The molecule has 2 aromatic carbocycles. The Morgan fingerprint density at radius 1 is 1.04 bits per heavy atom. The van der Waals surface area contributed by atoms with Gasteiger partial charge in [-0.15, -0.1) is 10.2 Å². The summed E-state index contributed by atoms with van der Waals surface area (Å²) >= 11 is 2.81. The zero-order valence-electron chi connectivity index (χ0n) is 13.9. The number of aryl methyl sites for hydroxylation is 2. The monoisotopic (exact) mass is 370 g/mol. The summed E-state index contributed by atoms with van der Waals surface area (Å²) in [7, 11) is 0. The van der Waals surface area contributed by atoms with Crippen molar-refractivity contribution in [1.82, 2.24) is 10.2 Å². The lowest BCUT2D eigenvalue weighted by Crippen LogP contribution is -2.13. The van der Waals surface area contributed by atoms with Gasteiger partial charge in [0, 0.05) is 11.4 Å². The molecule has 0 aliphatic rings. The summed E-state index contributed by atoms with van der Waals surface area (Å²) in [6.45, 7) is 4.05. The van der Waals surface area contributed by atoms with Gasteiger partial charge in [0.1, 0.15) is 0 Å². The molecule has 2 N–H and O–H groups in total. The molecule has 3 aromatic rings. The van der Waals surface area contributed by atoms with E-state index >= 15 is 0 Å². The average molecular weight is 371 g/mol. The normalized spacial score (nSPS) is 10.5. The molecular weight excluding hydrogens is 352 g/mol. The molecule has 5 nitrogen and oxygen atoms in total. The van der Waals surface area contributed by atoms with Gasteiger partial charge in [0.2, 0.25) is 11.0 Å². The van der Waals surface area contributed by atoms with Crippen LogP contribution in [0.4, 0.5) is 16.5 Å². The Balaban J connectivity index is 1.51. The van der Waals surface area contributed by atoms with Crippen molar-refractivity contribution in [2.45, 2.75) is 18.2 Å². The number of thioether (sulfide) groups is 1. The molecule has 128 valence electrons. The minimum absolute atomic E-state index is 0.0581. The van der Waals surface area contributed by atoms with Crippen LogP contribution in [0.5, 0.6) is 0 Å². The lowest BCUT2D eigenvalue weighted by atomic mass is 10.2. The molecule has 0 unspecified atom stereocenters. The molecule has 0 aliphatic carbocycles. The molecule has 1 amide bonds. The van der Waals surface area contributed by atoms with Gasteiger partial charge in [-0.1, -0.05) is 52.9 Å². The van der Waals surface area contributed by atoms with Gasteiger partial charge < -0.3 is 10.6 Å². The Bertz CT molecular complexity index is 862. The molecule has 0 bridgehead atoms. The minimum atomic E-state index is -0.0581. The maximum Gasteiger partial charge on any atom is 0.234 e. The zero-order chi connectivity index (χ0) is 17.6. The van der Waals surface area contributed by atoms with Crippen LogP contribution in [0.15, 0.2) is 52.9 Å². The zero-order valence-corrected chi connectivity index (χ0v) is 15.6. The van der Waals surface area contributed by atoms with Crippen LogP contribution in [0, 0.1) is 13.8 Å². The number of carbonyl (C=O) groups is 1. The number of anilines is 3. The SMILES string of the molecule is Cc1ccc(NC(=O)CSc2nnc(Nc3cccc(C)c3)s2)cc1. The third kappa shape index (κ3) is 5.30.